The van der Waals surface area contributed by atoms with E-state index in [1.165, 1.54) is 5.56 Å². The van der Waals surface area contributed by atoms with E-state index >= 15 is 0 Å². The maximum absolute atomic E-state index is 12.5. The lowest BCUT2D eigenvalue weighted by Crippen LogP contribution is -2.14. The molecule has 0 aliphatic rings. The molecular weight excluding hydrogens is 338 g/mol. The normalized spacial score (nSPS) is 10.4. The van der Waals surface area contributed by atoms with Crippen molar-refractivity contribution in [3.8, 4) is 5.75 Å². The lowest BCUT2D eigenvalue weighted by atomic mass is 10.0. The lowest BCUT2D eigenvalue weighted by Gasteiger charge is -2.13. The fraction of sp³-hybridized carbons (Fsp3) is 0.263. The second kappa shape index (κ2) is 8.58. The SMILES string of the molecule is CSCc1ccc(NC(=O)c2cc(C)c(OCC(=O)O)c(C)c2)cc1. The molecule has 0 unspecified atom stereocenters. The van der Waals surface area contributed by atoms with Crippen LogP contribution in [0.3, 0.4) is 0 Å². The number of rotatable bonds is 7. The molecule has 0 atom stereocenters. The van der Waals surface area contributed by atoms with Gasteiger partial charge in [0.05, 0.1) is 0 Å². The summed E-state index contributed by atoms with van der Waals surface area (Å²) in [6.45, 7) is 3.17. The van der Waals surface area contributed by atoms with E-state index in [1.54, 1.807) is 37.7 Å². The van der Waals surface area contributed by atoms with Crippen molar-refractivity contribution in [3.63, 3.8) is 0 Å². The molecule has 0 heterocycles. The van der Waals surface area contributed by atoms with Gasteiger partial charge in [-0.15, -0.1) is 0 Å². The summed E-state index contributed by atoms with van der Waals surface area (Å²) in [4.78, 5) is 23.1. The number of benzene rings is 2. The third kappa shape index (κ3) is 5.26. The summed E-state index contributed by atoms with van der Waals surface area (Å²) >= 11 is 1.75. The number of carbonyl (C=O) groups excluding carboxylic acids is 1. The molecule has 2 rings (SSSR count). The Morgan fingerprint density at radius 3 is 2.24 bits per heavy atom. The van der Waals surface area contributed by atoms with Gasteiger partial charge in [0.1, 0.15) is 5.75 Å². The quantitative estimate of drug-likeness (QED) is 0.784. The van der Waals surface area contributed by atoms with Crippen molar-refractivity contribution in [1.82, 2.24) is 0 Å². The maximum atomic E-state index is 12.5. The van der Waals surface area contributed by atoms with Crippen LogP contribution in [-0.4, -0.2) is 29.8 Å². The number of aryl methyl sites for hydroxylation is 2. The number of aliphatic carboxylic acids is 1. The smallest absolute Gasteiger partial charge is 0.341 e. The van der Waals surface area contributed by atoms with Crippen LogP contribution in [0.5, 0.6) is 5.75 Å². The standard InChI is InChI=1S/C19H21NO4S/c1-12-8-15(9-13(2)18(12)24-10-17(21)22)19(23)20-16-6-4-14(5-7-16)11-25-3/h4-9H,10-11H2,1-3H3,(H,20,23)(H,21,22). The topological polar surface area (TPSA) is 75.6 Å². The molecule has 0 radical (unpaired) electrons. The number of nitrogens with one attached hydrogen (secondary N) is 1. The fourth-order valence-corrected chi connectivity index (χ4v) is 3.02. The molecule has 0 saturated heterocycles. The number of amides is 1. The fourth-order valence-electron chi connectivity index (χ4n) is 2.50. The highest BCUT2D eigenvalue weighted by atomic mass is 32.2. The van der Waals surface area contributed by atoms with E-state index in [0.717, 1.165) is 22.6 Å². The molecule has 5 nitrogen and oxygen atoms in total. The van der Waals surface area contributed by atoms with Gasteiger partial charge in [0.15, 0.2) is 6.61 Å². The van der Waals surface area contributed by atoms with E-state index in [4.69, 9.17) is 9.84 Å². The molecule has 2 aromatic rings. The van der Waals surface area contributed by atoms with Crippen molar-refractivity contribution >= 4 is 29.3 Å². The van der Waals surface area contributed by atoms with Crippen molar-refractivity contribution in [2.75, 3.05) is 18.2 Å². The summed E-state index contributed by atoms with van der Waals surface area (Å²) in [5.74, 6) is 0.184. The monoisotopic (exact) mass is 359 g/mol. The molecule has 0 spiro atoms. The van der Waals surface area contributed by atoms with Crippen LogP contribution in [-0.2, 0) is 10.5 Å². The molecule has 0 fully saturated rings. The number of ether oxygens (including phenoxy) is 1. The van der Waals surface area contributed by atoms with Gasteiger partial charge < -0.3 is 15.2 Å². The highest BCUT2D eigenvalue weighted by molar-refractivity contribution is 7.97. The van der Waals surface area contributed by atoms with Crippen LogP contribution < -0.4 is 10.1 Å². The van der Waals surface area contributed by atoms with Crippen LogP contribution in [0.1, 0.15) is 27.0 Å². The number of carboxylic acid groups (broad SMARTS) is 1. The summed E-state index contributed by atoms with van der Waals surface area (Å²) < 4.78 is 5.28. The van der Waals surface area contributed by atoms with Crippen LogP contribution >= 0.6 is 11.8 Å². The minimum atomic E-state index is -1.04. The molecule has 132 valence electrons. The average molecular weight is 359 g/mol. The Morgan fingerprint density at radius 2 is 1.72 bits per heavy atom. The van der Waals surface area contributed by atoms with E-state index < -0.39 is 12.6 Å². The van der Waals surface area contributed by atoms with Crippen LogP contribution in [0.4, 0.5) is 5.69 Å². The highest BCUT2D eigenvalue weighted by Crippen LogP contribution is 2.25. The number of carboxylic acids is 1. The largest absolute Gasteiger partial charge is 0.481 e. The number of hydrogen-bond acceptors (Lipinski definition) is 4. The predicted molar refractivity (Wildman–Crippen MR) is 101 cm³/mol. The Bertz CT molecular complexity index is 748. The van der Waals surface area contributed by atoms with E-state index in [-0.39, 0.29) is 5.91 Å². The molecule has 0 bridgehead atoms. The summed E-state index contributed by atoms with van der Waals surface area (Å²) in [6, 6.07) is 11.1. The van der Waals surface area contributed by atoms with Crippen LogP contribution in [0.2, 0.25) is 0 Å². The first-order valence-electron chi connectivity index (χ1n) is 7.75. The van der Waals surface area contributed by atoms with E-state index in [0.29, 0.717) is 11.3 Å². The predicted octanol–water partition coefficient (Wildman–Crippen LogP) is 3.88. The number of anilines is 1. The zero-order valence-corrected chi connectivity index (χ0v) is 15.3. The molecular formula is C19H21NO4S. The first-order chi connectivity index (χ1) is 11.9. The zero-order chi connectivity index (χ0) is 18.4. The molecule has 2 aromatic carbocycles. The second-order valence-corrected chi connectivity index (χ2v) is 6.57. The molecule has 0 saturated carbocycles. The number of thioether (sulfide) groups is 1. The van der Waals surface area contributed by atoms with Crippen molar-refractivity contribution in [2.24, 2.45) is 0 Å². The summed E-state index contributed by atoms with van der Waals surface area (Å²) in [5.41, 5.74) is 3.89. The van der Waals surface area contributed by atoms with Crippen LogP contribution in [0.25, 0.3) is 0 Å². The molecule has 2 N–H and O–H groups in total. The van der Waals surface area contributed by atoms with Crippen molar-refractivity contribution in [2.45, 2.75) is 19.6 Å². The van der Waals surface area contributed by atoms with E-state index in [9.17, 15) is 9.59 Å². The van der Waals surface area contributed by atoms with Gasteiger partial charge in [-0.3, -0.25) is 4.79 Å². The van der Waals surface area contributed by atoms with Gasteiger partial charge >= 0.3 is 5.97 Å². The minimum absolute atomic E-state index is 0.214. The number of carbonyl (C=O) groups is 2. The number of hydrogen-bond donors (Lipinski definition) is 2. The van der Waals surface area contributed by atoms with Gasteiger partial charge in [0.2, 0.25) is 0 Å². The van der Waals surface area contributed by atoms with Gasteiger partial charge in [-0.25, -0.2) is 4.79 Å². The maximum Gasteiger partial charge on any atom is 0.341 e. The van der Waals surface area contributed by atoms with Crippen molar-refractivity contribution in [3.05, 3.63) is 58.7 Å². The van der Waals surface area contributed by atoms with Gasteiger partial charge in [-0.05, 0) is 61.1 Å². The van der Waals surface area contributed by atoms with Crippen LogP contribution in [0.15, 0.2) is 36.4 Å². The second-order valence-electron chi connectivity index (χ2n) is 5.71. The Hall–Kier alpha value is -2.47. The molecule has 0 aromatic heterocycles. The van der Waals surface area contributed by atoms with Gasteiger partial charge in [0.25, 0.3) is 5.91 Å². The van der Waals surface area contributed by atoms with Gasteiger partial charge in [-0.2, -0.15) is 11.8 Å². The molecule has 0 aliphatic carbocycles. The first-order valence-corrected chi connectivity index (χ1v) is 9.15. The third-order valence-electron chi connectivity index (χ3n) is 3.59. The Morgan fingerprint density at radius 1 is 1.12 bits per heavy atom. The van der Waals surface area contributed by atoms with E-state index in [2.05, 4.69) is 5.32 Å². The first kappa shape index (κ1) is 18.9. The molecule has 25 heavy (non-hydrogen) atoms. The summed E-state index contributed by atoms with van der Waals surface area (Å²) in [7, 11) is 0. The zero-order valence-electron chi connectivity index (χ0n) is 14.5. The third-order valence-corrected chi connectivity index (χ3v) is 4.21. The average Bonchev–Trinajstić information content (AvgIpc) is 2.55. The van der Waals surface area contributed by atoms with Crippen molar-refractivity contribution < 1.29 is 19.4 Å². The molecule has 0 aliphatic heterocycles. The summed E-state index contributed by atoms with van der Waals surface area (Å²) in [6.07, 6.45) is 2.05. The minimum Gasteiger partial charge on any atom is -0.481 e. The Kier molecular flexibility index (Phi) is 6.47. The highest BCUT2D eigenvalue weighted by Gasteiger charge is 2.13. The van der Waals surface area contributed by atoms with Gasteiger partial charge in [-0.1, -0.05) is 12.1 Å². The van der Waals surface area contributed by atoms with E-state index in [1.807, 2.05) is 30.5 Å². The van der Waals surface area contributed by atoms with Gasteiger partial charge in [0, 0.05) is 17.0 Å². The Balaban J connectivity index is 2.12. The molecule has 6 heteroatoms. The summed E-state index contributed by atoms with van der Waals surface area (Å²) in [5, 5.41) is 11.6. The van der Waals surface area contributed by atoms with Crippen LogP contribution in [0, 0.1) is 13.8 Å². The Labute approximate surface area is 151 Å². The van der Waals surface area contributed by atoms with Crippen molar-refractivity contribution in [1.29, 1.82) is 0 Å². The lowest BCUT2D eigenvalue weighted by molar-refractivity contribution is -0.139. The molecule has 1 amide bonds.